The van der Waals surface area contributed by atoms with E-state index in [4.69, 9.17) is 23.2 Å². The van der Waals surface area contributed by atoms with Gasteiger partial charge in [-0.3, -0.25) is 9.59 Å². The van der Waals surface area contributed by atoms with Crippen LogP contribution in [0.2, 0.25) is 10.0 Å². The average Bonchev–Trinajstić information content (AvgIpc) is 2.66. The van der Waals surface area contributed by atoms with E-state index in [0.29, 0.717) is 5.56 Å². The molecule has 0 saturated heterocycles. The summed E-state index contributed by atoms with van der Waals surface area (Å²) in [5.41, 5.74) is -0.122. The van der Waals surface area contributed by atoms with Crippen LogP contribution in [0.3, 0.4) is 0 Å². The van der Waals surface area contributed by atoms with Crippen LogP contribution in [0.25, 0.3) is 0 Å². The lowest BCUT2D eigenvalue weighted by atomic mass is 10.0. The van der Waals surface area contributed by atoms with Crippen LogP contribution in [-0.4, -0.2) is 36.9 Å². The predicted octanol–water partition coefficient (Wildman–Crippen LogP) is 5.79. The highest BCUT2D eigenvalue weighted by molar-refractivity contribution is 6.34. The Morgan fingerprint density at radius 2 is 1.61 bits per heavy atom. The second-order valence-corrected chi connectivity index (χ2v) is 8.26. The van der Waals surface area contributed by atoms with Gasteiger partial charge in [-0.15, -0.1) is 0 Å². The van der Waals surface area contributed by atoms with Crippen molar-refractivity contribution in [3.05, 3.63) is 57.6 Å². The van der Waals surface area contributed by atoms with Crippen molar-refractivity contribution in [2.24, 2.45) is 5.92 Å². The van der Waals surface area contributed by atoms with Crippen LogP contribution >= 0.6 is 23.2 Å². The predicted molar refractivity (Wildman–Crippen MR) is 117 cm³/mol. The van der Waals surface area contributed by atoms with E-state index >= 15 is 0 Å². The van der Waals surface area contributed by atoms with Crippen molar-refractivity contribution in [1.82, 2.24) is 4.90 Å². The number of carbonyl (C=O) groups is 2. The van der Waals surface area contributed by atoms with E-state index in [-0.39, 0.29) is 33.2 Å². The summed E-state index contributed by atoms with van der Waals surface area (Å²) in [4.78, 5) is 26.5. The third-order valence-corrected chi connectivity index (χ3v) is 5.08. The van der Waals surface area contributed by atoms with Gasteiger partial charge in [-0.05, 0) is 42.3 Å². The molecule has 0 saturated carbocycles. The molecule has 2 aromatic carbocycles. The third kappa shape index (κ3) is 6.27. The van der Waals surface area contributed by atoms with Crippen molar-refractivity contribution in [2.75, 3.05) is 24.7 Å². The average molecular weight is 476 g/mol. The molecule has 2 aromatic rings. The molecule has 31 heavy (non-hydrogen) atoms. The van der Waals surface area contributed by atoms with Crippen molar-refractivity contribution in [3.63, 3.8) is 0 Å². The minimum Gasteiger partial charge on any atom is -0.372 e. The lowest BCUT2D eigenvalue weighted by Gasteiger charge is -2.24. The van der Waals surface area contributed by atoms with E-state index in [9.17, 15) is 22.8 Å². The zero-order valence-electron chi connectivity index (χ0n) is 17.3. The number of hydrogen-bond acceptors (Lipinski definition) is 3. The van der Waals surface area contributed by atoms with Gasteiger partial charge in [0, 0.05) is 19.7 Å². The molecule has 0 aromatic heterocycles. The summed E-state index contributed by atoms with van der Waals surface area (Å²) in [6, 6.07) is 6.53. The van der Waals surface area contributed by atoms with Gasteiger partial charge in [0.05, 0.1) is 27.0 Å². The summed E-state index contributed by atoms with van der Waals surface area (Å²) < 4.78 is 38.6. The number of nitrogens with zero attached hydrogens (tertiary/aromatic N) is 1. The number of nitrogens with one attached hydrogen (secondary N) is 2. The topological polar surface area (TPSA) is 61.4 Å². The molecule has 0 aliphatic rings. The molecule has 0 aliphatic heterocycles. The second kappa shape index (κ2) is 9.78. The molecular weight excluding hydrogens is 454 g/mol. The Kier molecular flexibility index (Phi) is 7.83. The third-order valence-electron chi connectivity index (χ3n) is 4.43. The molecule has 1 atom stereocenters. The summed E-state index contributed by atoms with van der Waals surface area (Å²) in [5.74, 6) is -0.992. The maximum absolute atomic E-state index is 12.9. The fourth-order valence-corrected chi connectivity index (χ4v) is 3.13. The molecule has 0 aliphatic carbocycles. The summed E-state index contributed by atoms with van der Waals surface area (Å²) in [7, 11) is 3.20. The van der Waals surface area contributed by atoms with Gasteiger partial charge in [0.15, 0.2) is 0 Å². The Morgan fingerprint density at radius 3 is 2.13 bits per heavy atom. The fraction of sp³-hybridized carbons (Fsp3) is 0.333. The molecule has 2 rings (SSSR count). The Balaban J connectivity index is 2.26. The van der Waals surface area contributed by atoms with Gasteiger partial charge in [0.1, 0.15) is 6.04 Å². The first-order valence-corrected chi connectivity index (χ1v) is 10.0. The number of carbonyl (C=O) groups excluding carboxylic acids is 2. The lowest BCUT2D eigenvalue weighted by molar-refractivity contribution is -0.137. The SMILES string of the molecule is CC(C)[C@H](Nc1ccc(C(F)(F)F)cc1Cl)C(=O)Nc1cc(C(=O)N(C)C)ccc1Cl. The van der Waals surface area contributed by atoms with Gasteiger partial charge < -0.3 is 15.5 Å². The van der Waals surface area contributed by atoms with Crippen molar-refractivity contribution in [3.8, 4) is 0 Å². The first-order chi connectivity index (χ1) is 14.3. The van der Waals surface area contributed by atoms with E-state index < -0.39 is 23.7 Å². The van der Waals surface area contributed by atoms with Gasteiger partial charge in [0.2, 0.25) is 5.91 Å². The molecular formula is C21H22Cl2F3N3O2. The van der Waals surface area contributed by atoms with E-state index in [0.717, 1.165) is 12.1 Å². The van der Waals surface area contributed by atoms with Crippen LogP contribution < -0.4 is 10.6 Å². The largest absolute Gasteiger partial charge is 0.416 e. The van der Waals surface area contributed by atoms with Crippen LogP contribution in [-0.2, 0) is 11.0 Å². The normalized spacial score (nSPS) is 12.5. The standard InChI is InChI=1S/C21H22Cl2F3N3O2/c1-11(2)18(27-16-8-6-13(10-15(16)23)21(24,25)26)19(30)28-17-9-12(5-7-14(17)22)20(31)29(3)4/h5-11,18,27H,1-4H3,(H,28,30)/t18-/m0/s1. The molecule has 0 heterocycles. The highest BCUT2D eigenvalue weighted by Crippen LogP contribution is 2.34. The van der Waals surface area contributed by atoms with Crippen LogP contribution in [0.15, 0.2) is 36.4 Å². The highest BCUT2D eigenvalue weighted by atomic mass is 35.5. The molecule has 0 bridgehead atoms. The number of rotatable bonds is 6. The Labute approximate surface area is 188 Å². The highest BCUT2D eigenvalue weighted by Gasteiger charge is 2.31. The van der Waals surface area contributed by atoms with Crippen LogP contribution in [0.1, 0.15) is 29.8 Å². The van der Waals surface area contributed by atoms with E-state index in [1.54, 1.807) is 34.0 Å². The fourth-order valence-electron chi connectivity index (χ4n) is 2.73. The quantitative estimate of drug-likeness (QED) is 0.555. The summed E-state index contributed by atoms with van der Waals surface area (Å²) in [5, 5.41) is 5.64. The number of alkyl halides is 3. The monoisotopic (exact) mass is 475 g/mol. The van der Waals surface area contributed by atoms with E-state index in [2.05, 4.69) is 10.6 Å². The van der Waals surface area contributed by atoms with Gasteiger partial charge in [-0.2, -0.15) is 13.2 Å². The molecule has 2 amide bonds. The smallest absolute Gasteiger partial charge is 0.372 e. The van der Waals surface area contributed by atoms with Crippen LogP contribution in [0.4, 0.5) is 24.5 Å². The van der Waals surface area contributed by atoms with Crippen LogP contribution in [0, 0.1) is 5.92 Å². The minimum absolute atomic E-state index is 0.162. The van der Waals surface area contributed by atoms with Gasteiger partial charge in [-0.25, -0.2) is 0 Å². The summed E-state index contributed by atoms with van der Waals surface area (Å²) >= 11 is 12.2. The number of benzene rings is 2. The van der Waals surface area contributed by atoms with Crippen LogP contribution in [0.5, 0.6) is 0 Å². The Morgan fingerprint density at radius 1 is 0.968 bits per heavy atom. The summed E-state index contributed by atoms with van der Waals surface area (Å²) in [6.45, 7) is 3.53. The maximum atomic E-state index is 12.9. The van der Waals surface area contributed by atoms with Crippen molar-refractivity contribution in [1.29, 1.82) is 0 Å². The van der Waals surface area contributed by atoms with Crippen molar-refractivity contribution in [2.45, 2.75) is 26.1 Å². The Hall–Kier alpha value is -2.45. The van der Waals surface area contributed by atoms with E-state index in [1.807, 2.05) is 0 Å². The zero-order chi connectivity index (χ0) is 23.5. The van der Waals surface area contributed by atoms with Crippen molar-refractivity contribution < 1.29 is 22.8 Å². The molecule has 0 radical (unpaired) electrons. The first-order valence-electron chi connectivity index (χ1n) is 9.26. The summed E-state index contributed by atoms with van der Waals surface area (Å²) in [6.07, 6.45) is -4.53. The van der Waals surface area contributed by atoms with Crippen molar-refractivity contribution >= 4 is 46.4 Å². The van der Waals surface area contributed by atoms with E-state index in [1.165, 1.54) is 23.1 Å². The first kappa shape index (κ1) is 24.8. The lowest BCUT2D eigenvalue weighted by Crippen LogP contribution is -2.39. The number of anilines is 2. The molecule has 2 N–H and O–H groups in total. The maximum Gasteiger partial charge on any atom is 0.416 e. The molecule has 168 valence electrons. The molecule has 0 spiro atoms. The van der Waals surface area contributed by atoms with Gasteiger partial charge in [0.25, 0.3) is 5.91 Å². The second-order valence-electron chi connectivity index (χ2n) is 7.44. The number of halogens is 5. The van der Waals surface area contributed by atoms with Gasteiger partial charge in [-0.1, -0.05) is 37.0 Å². The Bertz CT molecular complexity index is 979. The number of hydrogen-bond donors (Lipinski definition) is 2. The zero-order valence-corrected chi connectivity index (χ0v) is 18.8. The molecule has 10 heteroatoms. The number of amides is 2. The van der Waals surface area contributed by atoms with Gasteiger partial charge >= 0.3 is 6.18 Å². The molecule has 0 fully saturated rings. The molecule has 0 unspecified atom stereocenters. The molecule has 5 nitrogen and oxygen atoms in total. The minimum atomic E-state index is -4.53.